The molecular formula is C23H18N6O2. The topological polar surface area (TPSA) is 106 Å². The van der Waals surface area contributed by atoms with Crippen molar-refractivity contribution in [3.63, 3.8) is 0 Å². The Bertz CT molecular complexity index is 1570. The van der Waals surface area contributed by atoms with Crippen LogP contribution in [0.2, 0.25) is 0 Å². The molecule has 152 valence electrons. The number of hydrogen-bond acceptors (Lipinski definition) is 6. The monoisotopic (exact) mass is 410 g/mol. The van der Waals surface area contributed by atoms with Gasteiger partial charge in [-0.2, -0.15) is 0 Å². The van der Waals surface area contributed by atoms with Crippen LogP contribution in [0.5, 0.6) is 0 Å². The largest absolute Gasteiger partial charge is 0.333 e. The molecular weight excluding hydrogens is 392 g/mol. The summed E-state index contributed by atoms with van der Waals surface area (Å²) < 4.78 is 1.49. The molecule has 0 radical (unpaired) electrons. The standard InChI is InChI=1S/C23H18N6O2/c1-3-14-5-4-6-16(9-14)29-21-17(22(30)28-23(29)31)12-26-19-8-7-18(27-20(19)21)15-10-24-13(2)25-11-15/h4-12H,3H2,1-2H3,(H,28,30,31). The van der Waals surface area contributed by atoms with Crippen molar-refractivity contribution in [1.82, 2.24) is 29.5 Å². The quantitative estimate of drug-likeness (QED) is 0.458. The summed E-state index contributed by atoms with van der Waals surface area (Å²) in [5.41, 5.74) is 3.53. The molecule has 0 spiro atoms. The van der Waals surface area contributed by atoms with E-state index in [1.165, 1.54) is 10.8 Å². The number of aryl methyl sites for hydroxylation is 2. The van der Waals surface area contributed by atoms with Gasteiger partial charge in [0.15, 0.2) is 0 Å². The third kappa shape index (κ3) is 3.18. The number of rotatable bonds is 3. The Morgan fingerprint density at radius 1 is 1.00 bits per heavy atom. The van der Waals surface area contributed by atoms with E-state index in [4.69, 9.17) is 4.98 Å². The zero-order valence-corrected chi connectivity index (χ0v) is 17.0. The summed E-state index contributed by atoms with van der Waals surface area (Å²) in [4.78, 5) is 45.5. The predicted octanol–water partition coefficient (Wildman–Crippen LogP) is 2.95. The van der Waals surface area contributed by atoms with Crippen LogP contribution >= 0.6 is 0 Å². The van der Waals surface area contributed by atoms with E-state index in [0.717, 1.165) is 17.5 Å². The molecule has 0 saturated carbocycles. The van der Waals surface area contributed by atoms with E-state index >= 15 is 0 Å². The van der Waals surface area contributed by atoms with Gasteiger partial charge in [0.2, 0.25) is 0 Å². The van der Waals surface area contributed by atoms with E-state index in [1.54, 1.807) is 12.4 Å². The Kier molecular flexibility index (Phi) is 4.39. The Morgan fingerprint density at radius 3 is 2.58 bits per heavy atom. The Hall–Kier alpha value is -4.20. The minimum absolute atomic E-state index is 0.291. The number of hydrogen-bond donors (Lipinski definition) is 1. The second-order valence-corrected chi connectivity index (χ2v) is 7.22. The van der Waals surface area contributed by atoms with E-state index in [-0.39, 0.29) is 0 Å². The molecule has 8 heteroatoms. The molecule has 4 aromatic heterocycles. The molecule has 0 saturated heterocycles. The zero-order chi connectivity index (χ0) is 21.5. The van der Waals surface area contributed by atoms with Crippen molar-refractivity contribution in [2.24, 2.45) is 0 Å². The van der Waals surface area contributed by atoms with Gasteiger partial charge in [0.1, 0.15) is 11.3 Å². The molecule has 0 aliphatic rings. The van der Waals surface area contributed by atoms with E-state index < -0.39 is 11.2 Å². The van der Waals surface area contributed by atoms with Crippen molar-refractivity contribution in [1.29, 1.82) is 0 Å². The van der Waals surface area contributed by atoms with Gasteiger partial charge < -0.3 is 0 Å². The van der Waals surface area contributed by atoms with E-state index in [1.807, 2.05) is 50.2 Å². The maximum absolute atomic E-state index is 12.9. The van der Waals surface area contributed by atoms with Crippen molar-refractivity contribution < 1.29 is 0 Å². The molecule has 0 bridgehead atoms. The molecule has 5 rings (SSSR count). The number of benzene rings is 1. The fourth-order valence-corrected chi connectivity index (χ4v) is 3.61. The summed E-state index contributed by atoms with van der Waals surface area (Å²) in [7, 11) is 0. The first-order valence-electron chi connectivity index (χ1n) is 9.88. The van der Waals surface area contributed by atoms with Gasteiger partial charge in [-0.1, -0.05) is 19.1 Å². The summed E-state index contributed by atoms with van der Waals surface area (Å²) in [6.07, 6.45) is 5.69. The van der Waals surface area contributed by atoms with Crippen LogP contribution in [0.1, 0.15) is 18.3 Å². The molecule has 0 aliphatic heterocycles. The van der Waals surface area contributed by atoms with Crippen LogP contribution in [-0.2, 0) is 6.42 Å². The number of fused-ring (bicyclic) bond motifs is 3. The second-order valence-electron chi connectivity index (χ2n) is 7.22. The Morgan fingerprint density at radius 2 is 1.81 bits per heavy atom. The maximum Gasteiger partial charge on any atom is 0.333 e. The van der Waals surface area contributed by atoms with Gasteiger partial charge in [0, 0.05) is 24.2 Å². The Labute approximate surface area is 176 Å². The van der Waals surface area contributed by atoms with Gasteiger partial charge in [-0.15, -0.1) is 0 Å². The number of H-pyrrole nitrogens is 1. The third-order valence-corrected chi connectivity index (χ3v) is 5.23. The van der Waals surface area contributed by atoms with Gasteiger partial charge in [-0.05, 0) is 43.2 Å². The minimum Gasteiger partial charge on any atom is -0.273 e. The fourth-order valence-electron chi connectivity index (χ4n) is 3.61. The molecule has 8 nitrogen and oxygen atoms in total. The second kappa shape index (κ2) is 7.24. The lowest BCUT2D eigenvalue weighted by molar-refractivity contribution is 0.939. The fraction of sp³-hybridized carbons (Fsp3) is 0.130. The number of pyridine rings is 2. The van der Waals surface area contributed by atoms with Crippen molar-refractivity contribution in [2.45, 2.75) is 20.3 Å². The van der Waals surface area contributed by atoms with Crippen LogP contribution in [0, 0.1) is 6.92 Å². The summed E-state index contributed by atoms with van der Waals surface area (Å²) in [6, 6.07) is 11.3. The van der Waals surface area contributed by atoms with Gasteiger partial charge in [0.25, 0.3) is 5.56 Å². The van der Waals surface area contributed by atoms with Crippen LogP contribution < -0.4 is 11.2 Å². The molecule has 4 heterocycles. The maximum atomic E-state index is 12.9. The smallest absolute Gasteiger partial charge is 0.273 e. The van der Waals surface area contributed by atoms with Crippen LogP contribution in [0.4, 0.5) is 0 Å². The number of aromatic amines is 1. The van der Waals surface area contributed by atoms with Crippen molar-refractivity contribution in [3.8, 4) is 16.9 Å². The zero-order valence-electron chi connectivity index (χ0n) is 17.0. The van der Waals surface area contributed by atoms with E-state index in [2.05, 4.69) is 19.9 Å². The van der Waals surface area contributed by atoms with Crippen LogP contribution in [0.25, 0.3) is 38.9 Å². The third-order valence-electron chi connectivity index (χ3n) is 5.23. The first-order chi connectivity index (χ1) is 15.0. The summed E-state index contributed by atoms with van der Waals surface area (Å²) >= 11 is 0. The number of nitrogens with one attached hydrogen (secondary N) is 1. The van der Waals surface area contributed by atoms with Gasteiger partial charge in [-0.3, -0.25) is 19.3 Å². The van der Waals surface area contributed by atoms with Crippen molar-refractivity contribution >= 4 is 21.9 Å². The molecule has 0 fully saturated rings. The molecule has 1 N–H and O–H groups in total. The normalized spacial score (nSPS) is 11.3. The van der Waals surface area contributed by atoms with Gasteiger partial charge in [-0.25, -0.2) is 19.7 Å². The van der Waals surface area contributed by atoms with E-state index in [9.17, 15) is 9.59 Å². The highest BCUT2D eigenvalue weighted by atomic mass is 16.2. The summed E-state index contributed by atoms with van der Waals surface area (Å²) in [5, 5.41) is 0.291. The lowest BCUT2D eigenvalue weighted by atomic mass is 10.1. The number of aromatic nitrogens is 6. The highest BCUT2D eigenvalue weighted by Gasteiger charge is 2.16. The minimum atomic E-state index is -0.524. The van der Waals surface area contributed by atoms with Crippen LogP contribution in [0.3, 0.4) is 0 Å². The highest BCUT2D eigenvalue weighted by molar-refractivity contribution is 6.01. The van der Waals surface area contributed by atoms with Gasteiger partial charge in [0.05, 0.1) is 27.8 Å². The van der Waals surface area contributed by atoms with Gasteiger partial charge >= 0.3 is 5.69 Å². The molecule has 5 aromatic rings. The van der Waals surface area contributed by atoms with Crippen LogP contribution in [0.15, 0.2) is 64.6 Å². The molecule has 0 aliphatic carbocycles. The van der Waals surface area contributed by atoms with Crippen molar-refractivity contribution in [3.05, 3.63) is 87.2 Å². The number of nitrogens with zero attached hydrogens (tertiary/aromatic N) is 5. The molecule has 31 heavy (non-hydrogen) atoms. The van der Waals surface area contributed by atoms with E-state index in [0.29, 0.717) is 39.1 Å². The average molecular weight is 410 g/mol. The highest BCUT2D eigenvalue weighted by Crippen LogP contribution is 2.25. The lowest BCUT2D eigenvalue weighted by Crippen LogP contribution is -2.29. The average Bonchev–Trinajstić information content (AvgIpc) is 2.79. The SMILES string of the molecule is CCc1cccc(-n2c(=O)[nH]c(=O)c3cnc4ccc(-c5cnc(C)nc5)nc4c32)c1. The van der Waals surface area contributed by atoms with Crippen molar-refractivity contribution in [2.75, 3.05) is 0 Å². The molecule has 1 aromatic carbocycles. The lowest BCUT2D eigenvalue weighted by Gasteiger charge is -2.13. The summed E-state index contributed by atoms with van der Waals surface area (Å²) in [5.74, 6) is 0.660. The first-order valence-corrected chi connectivity index (χ1v) is 9.88. The van der Waals surface area contributed by atoms with Crippen LogP contribution in [-0.4, -0.2) is 29.5 Å². The molecule has 0 atom stereocenters. The predicted molar refractivity (Wildman–Crippen MR) is 118 cm³/mol. The molecule has 0 amide bonds. The summed E-state index contributed by atoms with van der Waals surface area (Å²) in [6.45, 7) is 3.86. The first kappa shape index (κ1) is 18.8. The molecule has 0 unspecified atom stereocenters. The Balaban J connectivity index is 1.90.